The molecule has 0 aliphatic rings. The van der Waals surface area contributed by atoms with E-state index < -0.39 is 5.82 Å². The Kier molecular flexibility index (Phi) is 4.84. The van der Waals surface area contributed by atoms with Crippen LogP contribution in [0.2, 0.25) is 0 Å². The van der Waals surface area contributed by atoms with Crippen LogP contribution in [0, 0.1) is 5.82 Å². The average Bonchev–Trinajstić information content (AvgIpc) is 2.28. The second-order valence-corrected chi connectivity index (χ2v) is 3.86. The first-order valence-electron chi connectivity index (χ1n) is 5.31. The standard InChI is InChI=1S/C11H17FN4O/c1-13-10-9(6-8(12)7-15-10)11(17)14-4-5-16(2)3/h6-7H,4-5H2,1-3H3,(H,13,15)(H,14,17). The summed E-state index contributed by atoms with van der Waals surface area (Å²) in [5, 5.41) is 5.46. The number of carbonyl (C=O) groups excluding carboxylic acids is 1. The fraction of sp³-hybridized carbons (Fsp3) is 0.455. The molecule has 0 aromatic carbocycles. The molecule has 2 N–H and O–H groups in total. The normalized spacial score (nSPS) is 10.4. The molecular formula is C11H17FN4O. The number of nitrogens with zero attached hydrogens (tertiary/aromatic N) is 2. The highest BCUT2D eigenvalue weighted by Gasteiger charge is 2.12. The lowest BCUT2D eigenvalue weighted by Gasteiger charge is -2.12. The molecule has 0 unspecified atom stereocenters. The number of pyridine rings is 1. The Morgan fingerprint density at radius 3 is 2.82 bits per heavy atom. The van der Waals surface area contributed by atoms with Gasteiger partial charge in [0, 0.05) is 20.1 Å². The topological polar surface area (TPSA) is 57.3 Å². The summed E-state index contributed by atoms with van der Waals surface area (Å²) in [5.74, 6) is -0.487. The summed E-state index contributed by atoms with van der Waals surface area (Å²) in [7, 11) is 5.46. The molecule has 1 amide bonds. The molecule has 6 heteroatoms. The SMILES string of the molecule is CNc1ncc(F)cc1C(=O)NCCN(C)C. The first kappa shape index (κ1) is 13.4. The summed E-state index contributed by atoms with van der Waals surface area (Å²) in [5.41, 5.74) is 0.214. The van der Waals surface area contributed by atoms with Crippen molar-refractivity contribution in [3.8, 4) is 0 Å². The summed E-state index contributed by atoms with van der Waals surface area (Å²) in [6.07, 6.45) is 1.07. The Balaban J connectivity index is 2.70. The van der Waals surface area contributed by atoms with Gasteiger partial charge in [0.05, 0.1) is 11.8 Å². The van der Waals surface area contributed by atoms with Crippen LogP contribution >= 0.6 is 0 Å². The van der Waals surface area contributed by atoms with Crippen LogP contribution in [-0.2, 0) is 0 Å². The van der Waals surface area contributed by atoms with E-state index in [0.717, 1.165) is 12.7 Å². The van der Waals surface area contributed by atoms with E-state index in [4.69, 9.17) is 0 Å². The van der Waals surface area contributed by atoms with Crippen LogP contribution in [0.4, 0.5) is 10.2 Å². The lowest BCUT2D eigenvalue weighted by Crippen LogP contribution is -2.31. The second-order valence-electron chi connectivity index (χ2n) is 3.86. The summed E-state index contributed by atoms with van der Waals surface area (Å²) in [6.45, 7) is 1.23. The van der Waals surface area contributed by atoms with Crippen molar-refractivity contribution in [2.45, 2.75) is 0 Å². The van der Waals surface area contributed by atoms with E-state index in [1.54, 1.807) is 7.05 Å². The third kappa shape index (κ3) is 3.99. The van der Waals surface area contributed by atoms with E-state index in [2.05, 4.69) is 15.6 Å². The number of nitrogens with one attached hydrogen (secondary N) is 2. The maximum atomic E-state index is 13.0. The third-order valence-electron chi connectivity index (χ3n) is 2.18. The molecule has 94 valence electrons. The predicted molar refractivity (Wildman–Crippen MR) is 64.6 cm³/mol. The van der Waals surface area contributed by atoms with E-state index in [-0.39, 0.29) is 11.5 Å². The highest BCUT2D eigenvalue weighted by molar-refractivity contribution is 5.98. The summed E-state index contributed by atoms with van der Waals surface area (Å²) >= 11 is 0. The van der Waals surface area contributed by atoms with Crippen molar-refractivity contribution in [1.29, 1.82) is 0 Å². The van der Waals surface area contributed by atoms with E-state index in [9.17, 15) is 9.18 Å². The fourth-order valence-corrected chi connectivity index (χ4v) is 1.30. The summed E-state index contributed by atoms with van der Waals surface area (Å²) < 4.78 is 13.0. The molecule has 0 spiro atoms. The number of hydrogen-bond acceptors (Lipinski definition) is 4. The minimum atomic E-state index is -0.526. The molecule has 0 bridgehead atoms. The molecule has 1 aromatic rings. The molecule has 17 heavy (non-hydrogen) atoms. The van der Waals surface area contributed by atoms with Crippen molar-refractivity contribution >= 4 is 11.7 Å². The van der Waals surface area contributed by atoms with Gasteiger partial charge >= 0.3 is 0 Å². The van der Waals surface area contributed by atoms with E-state index in [0.29, 0.717) is 12.4 Å². The van der Waals surface area contributed by atoms with Crippen molar-refractivity contribution in [3.05, 3.63) is 23.6 Å². The van der Waals surface area contributed by atoms with Gasteiger partial charge in [-0.2, -0.15) is 0 Å². The molecule has 1 aromatic heterocycles. The van der Waals surface area contributed by atoms with Crippen LogP contribution in [-0.4, -0.2) is 50.0 Å². The van der Waals surface area contributed by atoms with Gasteiger partial charge in [-0.25, -0.2) is 9.37 Å². The predicted octanol–water partition coefficient (Wildman–Crippen LogP) is 0.554. The number of likely N-dealkylation sites (N-methyl/N-ethyl adjacent to an activating group) is 1. The van der Waals surface area contributed by atoms with E-state index in [1.165, 1.54) is 6.07 Å². The van der Waals surface area contributed by atoms with Gasteiger partial charge < -0.3 is 15.5 Å². The van der Waals surface area contributed by atoms with Crippen LogP contribution in [0.3, 0.4) is 0 Å². The van der Waals surface area contributed by atoms with Gasteiger partial charge in [-0.05, 0) is 20.2 Å². The quantitative estimate of drug-likeness (QED) is 0.789. The van der Waals surface area contributed by atoms with Gasteiger partial charge in [-0.3, -0.25) is 4.79 Å². The minimum absolute atomic E-state index is 0.214. The van der Waals surface area contributed by atoms with Crippen LogP contribution in [0.15, 0.2) is 12.3 Å². The van der Waals surface area contributed by atoms with Gasteiger partial charge in [-0.15, -0.1) is 0 Å². The molecule has 0 radical (unpaired) electrons. The maximum Gasteiger partial charge on any atom is 0.255 e. The van der Waals surface area contributed by atoms with Gasteiger partial charge in [0.1, 0.15) is 11.6 Å². The number of rotatable bonds is 5. The number of carbonyl (C=O) groups is 1. The molecule has 1 heterocycles. The largest absolute Gasteiger partial charge is 0.372 e. The molecule has 0 fully saturated rings. The van der Waals surface area contributed by atoms with Gasteiger partial charge in [0.2, 0.25) is 0 Å². The molecule has 0 saturated carbocycles. The average molecular weight is 240 g/mol. The number of amides is 1. The number of halogens is 1. The zero-order chi connectivity index (χ0) is 12.8. The van der Waals surface area contributed by atoms with Gasteiger partial charge in [0.15, 0.2) is 0 Å². The van der Waals surface area contributed by atoms with Crippen LogP contribution in [0.1, 0.15) is 10.4 Å². The fourth-order valence-electron chi connectivity index (χ4n) is 1.30. The first-order chi connectivity index (χ1) is 8.04. The molecule has 0 saturated heterocycles. The Morgan fingerprint density at radius 2 is 2.24 bits per heavy atom. The lowest BCUT2D eigenvalue weighted by atomic mass is 10.2. The van der Waals surface area contributed by atoms with Crippen LogP contribution in [0.25, 0.3) is 0 Å². The highest BCUT2D eigenvalue weighted by atomic mass is 19.1. The highest BCUT2D eigenvalue weighted by Crippen LogP contribution is 2.12. The smallest absolute Gasteiger partial charge is 0.255 e. The Morgan fingerprint density at radius 1 is 1.53 bits per heavy atom. The molecule has 0 aliphatic heterocycles. The molecule has 0 aliphatic carbocycles. The second kappa shape index (κ2) is 6.15. The van der Waals surface area contributed by atoms with Crippen molar-refractivity contribution in [3.63, 3.8) is 0 Å². The Bertz CT molecular complexity index is 395. The maximum absolute atomic E-state index is 13.0. The Hall–Kier alpha value is -1.69. The first-order valence-corrected chi connectivity index (χ1v) is 5.31. The third-order valence-corrected chi connectivity index (χ3v) is 2.18. The molecule has 5 nitrogen and oxygen atoms in total. The van der Waals surface area contributed by atoms with E-state index >= 15 is 0 Å². The molecule has 0 atom stereocenters. The summed E-state index contributed by atoms with van der Waals surface area (Å²) in [6, 6.07) is 1.17. The molecule has 1 rings (SSSR count). The number of aromatic nitrogens is 1. The van der Waals surface area contributed by atoms with Crippen molar-refractivity contribution in [2.75, 3.05) is 39.5 Å². The number of anilines is 1. The van der Waals surface area contributed by atoms with Crippen molar-refractivity contribution < 1.29 is 9.18 Å². The van der Waals surface area contributed by atoms with Crippen LogP contribution < -0.4 is 10.6 Å². The van der Waals surface area contributed by atoms with Gasteiger partial charge in [0.25, 0.3) is 5.91 Å². The monoisotopic (exact) mass is 240 g/mol. The van der Waals surface area contributed by atoms with Crippen molar-refractivity contribution in [2.24, 2.45) is 0 Å². The lowest BCUT2D eigenvalue weighted by molar-refractivity contribution is 0.0951. The minimum Gasteiger partial charge on any atom is -0.372 e. The molecular weight excluding hydrogens is 223 g/mol. The van der Waals surface area contributed by atoms with E-state index in [1.807, 2.05) is 19.0 Å². The summed E-state index contributed by atoms with van der Waals surface area (Å²) in [4.78, 5) is 17.5. The van der Waals surface area contributed by atoms with Crippen molar-refractivity contribution in [1.82, 2.24) is 15.2 Å². The zero-order valence-electron chi connectivity index (χ0n) is 10.2. The van der Waals surface area contributed by atoms with Crippen LogP contribution in [0.5, 0.6) is 0 Å². The number of hydrogen-bond donors (Lipinski definition) is 2. The Labute approximate surface area is 100 Å². The zero-order valence-corrected chi connectivity index (χ0v) is 10.2. The van der Waals surface area contributed by atoms with Gasteiger partial charge in [-0.1, -0.05) is 0 Å².